The van der Waals surface area contributed by atoms with Gasteiger partial charge < -0.3 is 15.3 Å². The van der Waals surface area contributed by atoms with Crippen LogP contribution in [0.1, 0.15) is 28.8 Å². The number of carboxylic acid groups (broad SMARTS) is 1. The summed E-state index contributed by atoms with van der Waals surface area (Å²) < 4.78 is 0. The number of hydrogen-bond donors (Lipinski definition) is 2. The molecule has 2 amide bonds. The second kappa shape index (κ2) is 6.60. The van der Waals surface area contributed by atoms with Gasteiger partial charge in [-0.3, -0.25) is 14.4 Å². The Bertz CT molecular complexity index is 582. The fourth-order valence-corrected chi connectivity index (χ4v) is 2.63. The first-order valence-electron chi connectivity index (χ1n) is 7.23. The molecule has 2 N–H and O–H groups in total. The molecule has 0 saturated heterocycles. The van der Waals surface area contributed by atoms with Gasteiger partial charge in [0.15, 0.2) is 0 Å². The molecular formula is C16H20N2O4. The molecule has 0 aliphatic heterocycles. The average Bonchev–Trinajstić information content (AvgIpc) is 2.45. The number of carbonyl (C=O) groups is 3. The van der Waals surface area contributed by atoms with Crippen molar-refractivity contribution in [3.05, 3.63) is 35.4 Å². The Morgan fingerprint density at radius 1 is 1.18 bits per heavy atom. The Morgan fingerprint density at radius 3 is 2.23 bits per heavy atom. The van der Waals surface area contributed by atoms with E-state index in [1.54, 1.807) is 43.3 Å². The van der Waals surface area contributed by atoms with Gasteiger partial charge in [-0.05, 0) is 30.5 Å². The molecule has 0 radical (unpaired) electrons. The minimum atomic E-state index is -0.895. The summed E-state index contributed by atoms with van der Waals surface area (Å²) >= 11 is 0. The first-order valence-corrected chi connectivity index (χ1v) is 7.23. The van der Waals surface area contributed by atoms with Gasteiger partial charge in [-0.2, -0.15) is 0 Å². The average molecular weight is 304 g/mol. The lowest BCUT2D eigenvalue weighted by molar-refractivity contribution is -0.156. The van der Waals surface area contributed by atoms with Gasteiger partial charge in [0.1, 0.15) is 0 Å². The molecule has 1 fully saturated rings. The summed E-state index contributed by atoms with van der Waals surface area (Å²) in [4.78, 5) is 36.3. The maximum absolute atomic E-state index is 12.3. The molecule has 1 saturated carbocycles. The van der Waals surface area contributed by atoms with Crippen LogP contribution >= 0.6 is 0 Å². The van der Waals surface area contributed by atoms with E-state index in [1.165, 1.54) is 0 Å². The first-order chi connectivity index (χ1) is 10.4. The van der Waals surface area contributed by atoms with E-state index in [4.69, 9.17) is 5.11 Å². The Morgan fingerprint density at radius 2 is 1.77 bits per heavy atom. The standard InChI is InChI=1S/C16H20N2O4/c1-17-14(19)11-5-3-10(4-6-11)9-18(2)15(20)12-7-8-13(12)16(21)22/h3-6,12-13H,7-9H2,1-2H3,(H,17,19)(H,21,22). The van der Waals surface area contributed by atoms with Crippen LogP contribution < -0.4 is 5.32 Å². The van der Waals surface area contributed by atoms with Crippen molar-refractivity contribution in [3.8, 4) is 0 Å². The fraction of sp³-hybridized carbons (Fsp3) is 0.438. The Labute approximate surface area is 129 Å². The van der Waals surface area contributed by atoms with Crippen molar-refractivity contribution >= 4 is 17.8 Å². The van der Waals surface area contributed by atoms with Gasteiger partial charge in [0.25, 0.3) is 5.91 Å². The zero-order chi connectivity index (χ0) is 16.3. The predicted molar refractivity (Wildman–Crippen MR) is 80.2 cm³/mol. The zero-order valence-electron chi connectivity index (χ0n) is 12.7. The van der Waals surface area contributed by atoms with Crippen LogP contribution in [0.2, 0.25) is 0 Å². The van der Waals surface area contributed by atoms with Crippen LogP contribution in [0.25, 0.3) is 0 Å². The molecule has 6 heteroatoms. The van der Waals surface area contributed by atoms with Crippen LogP contribution in [-0.4, -0.2) is 41.9 Å². The quantitative estimate of drug-likeness (QED) is 0.853. The van der Waals surface area contributed by atoms with Crippen LogP contribution in [0, 0.1) is 11.8 Å². The molecule has 118 valence electrons. The van der Waals surface area contributed by atoms with Crippen LogP contribution in [-0.2, 0) is 16.1 Å². The molecule has 0 spiro atoms. The number of nitrogens with one attached hydrogen (secondary N) is 1. The van der Waals surface area contributed by atoms with Gasteiger partial charge in [0, 0.05) is 26.2 Å². The SMILES string of the molecule is CNC(=O)c1ccc(CN(C)C(=O)C2CCC2C(=O)O)cc1. The number of carbonyl (C=O) groups excluding carboxylic acids is 2. The lowest BCUT2D eigenvalue weighted by Gasteiger charge is -2.35. The van der Waals surface area contributed by atoms with E-state index < -0.39 is 17.8 Å². The lowest BCUT2D eigenvalue weighted by atomic mass is 9.73. The van der Waals surface area contributed by atoms with Crippen molar-refractivity contribution < 1.29 is 19.5 Å². The topological polar surface area (TPSA) is 86.7 Å². The highest BCUT2D eigenvalue weighted by Gasteiger charge is 2.42. The third-order valence-corrected chi connectivity index (χ3v) is 4.15. The van der Waals surface area contributed by atoms with E-state index in [0.29, 0.717) is 24.9 Å². The van der Waals surface area contributed by atoms with Crippen molar-refractivity contribution in [2.75, 3.05) is 14.1 Å². The summed E-state index contributed by atoms with van der Waals surface area (Å²) in [6, 6.07) is 7.00. The van der Waals surface area contributed by atoms with Gasteiger partial charge in [0.05, 0.1) is 11.8 Å². The van der Waals surface area contributed by atoms with Gasteiger partial charge in [-0.15, -0.1) is 0 Å². The van der Waals surface area contributed by atoms with Crippen molar-refractivity contribution in [1.29, 1.82) is 0 Å². The smallest absolute Gasteiger partial charge is 0.307 e. The van der Waals surface area contributed by atoms with Crippen LogP contribution in [0.5, 0.6) is 0 Å². The maximum Gasteiger partial charge on any atom is 0.307 e. The molecule has 1 aromatic rings. The molecule has 0 heterocycles. The van der Waals surface area contributed by atoms with Crippen molar-refractivity contribution in [2.45, 2.75) is 19.4 Å². The summed E-state index contributed by atoms with van der Waals surface area (Å²) in [6.07, 6.45) is 1.20. The molecule has 2 atom stereocenters. The summed E-state index contributed by atoms with van der Waals surface area (Å²) in [5.74, 6) is -2.14. The molecule has 22 heavy (non-hydrogen) atoms. The van der Waals surface area contributed by atoms with Crippen LogP contribution in [0.4, 0.5) is 0 Å². The Balaban J connectivity index is 1.97. The molecule has 1 aromatic carbocycles. The zero-order valence-corrected chi connectivity index (χ0v) is 12.7. The Hall–Kier alpha value is -2.37. The largest absolute Gasteiger partial charge is 0.481 e. The van der Waals surface area contributed by atoms with Gasteiger partial charge in [-0.25, -0.2) is 0 Å². The third-order valence-electron chi connectivity index (χ3n) is 4.15. The van der Waals surface area contributed by atoms with Gasteiger partial charge in [-0.1, -0.05) is 12.1 Å². The van der Waals surface area contributed by atoms with E-state index in [0.717, 1.165) is 5.56 Å². The summed E-state index contributed by atoms with van der Waals surface area (Å²) in [5.41, 5.74) is 1.46. The van der Waals surface area contributed by atoms with Crippen molar-refractivity contribution in [1.82, 2.24) is 10.2 Å². The highest BCUT2D eigenvalue weighted by atomic mass is 16.4. The van der Waals surface area contributed by atoms with E-state index in [9.17, 15) is 14.4 Å². The molecule has 2 rings (SSSR count). The minimum Gasteiger partial charge on any atom is -0.481 e. The number of rotatable bonds is 5. The lowest BCUT2D eigenvalue weighted by Crippen LogP contribution is -2.44. The molecule has 0 aromatic heterocycles. The number of nitrogens with zero attached hydrogens (tertiary/aromatic N) is 1. The summed E-state index contributed by atoms with van der Waals surface area (Å²) in [5, 5.41) is 11.6. The molecule has 6 nitrogen and oxygen atoms in total. The van der Waals surface area contributed by atoms with Crippen molar-refractivity contribution in [3.63, 3.8) is 0 Å². The van der Waals surface area contributed by atoms with E-state index in [-0.39, 0.29) is 11.8 Å². The minimum absolute atomic E-state index is 0.131. The van der Waals surface area contributed by atoms with Gasteiger partial charge in [0.2, 0.25) is 5.91 Å². The molecule has 0 bridgehead atoms. The van der Waals surface area contributed by atoms with Crippen molar-refractivity contribution in [2.24, 2.45) is 11.8 Å². The third kappa shape index (κ3) is 3.27. The molecular weight excluding hydrogens is 284 g/mol. The number of carboxylic acids is 1. The first kappa shape index (κ1) is 16.0. The maximum atomic E-state index is 12.3. The molecule has 1 aliphatic carbocycles. The van der Waals surface area contributed by atoms with Crippen LogP contribution in [0.3, 0.4) is 0 Å². The van der Waals surface area contributed by atoms with E-state index in [2.05, 4.69) is 5.32 Å². The number of amides is 2. The molecule has 1 aliphatic rings. The monoisotopic (exact) mass is 304 g/mol. The number of hydrogen-bond acceptors (Lipinski definition) is 3. The second-order valence-electron chi connectivity index (χ2n) is 5.60. The van der Waals surface area contributed by atoms with Gasteiger partial charge >= 0.3 is 5.97 Å². The normalized spacial score (nSPS) is 19.9. The predicted octanol–water partition coefficient (Wildman–Crippen LogP) is 1.12. The molecule has 2 unspecified atom stereocenters. The second-order valence-corrected chi connectivity index (χ2v) is 5.60. The highest BCUT2D eigenvalue weighted by Crippen LogP contribution is 2.35. The number of benzene rings is 1. The Kier molecular flexibility index (Phi) is 4.80. The highest BCUT2D eigenvalue weighted by molar-refractivity contribution is 5.94. The number of aliphatic carboxylic acids is 1. The van der Waals surface area contributed by atoms with E-state index in [1.807, 2.05) is 0 Å². The summed E-state index contributed by atoms with van der Waals surface area (Å²) in [6.45, 7) is 0.399. The van der Waals surface area contributed by atoms with Crippen LogP contribution in [0.15, 0.2) is 24.3 Å². The summed E-state index contributed by atoms with van der Waals surface area (Å²) in [7, 11) is 3.24. The van der Waals surface area contributed by atoms with E-state index >= 15 is 0 Å². The fourth-order valence-electron chi connectivity index (χ4n) is 2.63.